The molecule has 1 fully saturated rings. The minimum absolute atomic E-state index is 0.290. The van der Waals surface area contributed by atoms with Gasteiger partial charge in [0, 0.05) is 6.04 Å². The first-order chi connectivity index (χ1) is 7.93. The van der Waals surface area contributed by atoms with Crippen LogP contribution in [0.4, 0.5) is 13.2 Å². The fraction of sp³-hybridized carbons (Fsp3) is 1.00. The van der Waals surface area contributed by atoms with Crippen molar-refractivity contribution in [2.24, 2.45) is 11.8 Å². The summed E-state index contributed by atoms with van der Waals surface area (Å²) in [6.45, 7) is 3.09. The second-order valence-electron chi connectivity index (χ2n) is 5.06. The Hall–Kier alpha value is 0.100. The van der Waals surface area contributed by atoms with Gasteiger partial charge in [0.25, 0.3) is 0 Å². The lowest BCUT2D eigenvalue weighted by atomic mass is 9.85. The van der Waals surface area contributed by atoms with Crippen molar-refractivity contribution in [3.63, 3.8) is 0 Å². The Balaban J connectivity index is 2.19. The molecule has 1 unspecified atom stereocenters. The second-order valence-corrected chi connectivity index (χ2v) is 5.97. The summed E-state index contributed by atoms with van der Waals surface area (Å²) in [4.78, 5) is 0. The lowest BCUT2D eigenvalue weighted by molar-refractivity contribution is -0.182. The van der Waals surface area contributed by atoms with E-state index >= 15 is 0 Å². The van der Waals surface area contributed by atoms with E-state index in [-0.39, 0.29) is 18.9 Å². The van der Waals surface area contributed by atoms with Gasteiger partial charge < -0.3 is 5.32 Å². The van der Waals surface area contributed by atoms with Crippen LogP contribution in [-0.4, -0.2) is 30.8 Å². The maximum Gasteiger partial charge on any atom is 0.391 e. The van der Waals surface area contributed by atoms with Gasteiger partial charge >= 0.3 is 6.18 Å². The third-order valence-electron chi connectivity index (χ3n) is 3.40. The maximum atomic E-state index is 12.5. The predicted molar refractivity (Wildman–Crippen MR) is 67.3 cm³/mol. The molecule has 0 heterocycles. The zero-order valence-electron chi connectivity index (χ0n) is 10.5. The smallest absolute Gasteiger partial charge is 0.314 e. The third kappa shape index (κ3) is 5.51. The molecule has 0 bridgehead atoms. The summed E-state index contributed by atoms with van der Waals surface area (Å²) < 4.78 is 37.4. The Morgan fingerprint density at radius 2 is 1.82 bits per heavy atom. The fourth-order valence-corrected chi connectivity index (χ4v) is 3.02. The van der Waals surface area contributed by atoms with Crippen LogP contribution in [0.2, 0.25) is 0 Å². The number of alkyl halides is 3. The Kier molecular flexibility index (Phi) is 6.13. The van der Waals surface area contributed by atoms with Gasteiger partial charge in [0.05, 0.1) is 5.92 Å². The zero-order valence-corrected chi connectivity index (χ0v) is 11.3. The quantitative estimate of drug-likeness (QED) is 0.817. The Bertz CT molecular complexity index is 212. The van der Waals surface area contributed by atoms with E-state index in [4.69, 9.17) is 0 Å². The third-order valence-corrected chi connectivity index (χ3v) is 4.30. The summed E-state index contributed by atoms with van der Waals surface area (Å²) in [6, 6.07) is 0.290. The minimum Gasteiger partial charge on any atom is -0.314 e. The van der Waals surface area contributed by atoms with Crippen molar-refractivity contribution in [3.05, 3.63) is 0 Å². The molecule has 0 aromatic rings. The van der Waals surface area contributed by atoms with Gasteiger partial charge in [-0.25, -0.2) is 0 Å². The number of hydrogen-bond acceptors (Lipinski definition) is 2. The van der Waals surface area contributed by atoms with E-state index in [1.54, 1.807) is 0 Å². The topological polar surface area (TPSA) is 12.0 Å². The first-order valence-electron chi connectivity index (χ1n) is 6.22. The number of rotatable bonds is 5. The highest BCUT2D eigenvalue weighted by Crippen LogP contribution is 2.37. The van der Waals surface area contributed by atoms with Gasteiger partial charge in [-0.1, -0.05) is 6.92 Å². The normalized spacial score (nSPS) is 28.1. The van der Waals surface area contributed by atoms with Crippen molar-refractivity contribution < 1.29 is 13.2 Å². The summed E-state index contributed by atoms with van der Waals surface area (Å²) >= 11 is 1.81. The molecule has 1 aliphatic carbocycles. The van der Waals surface area contributed by atoms with E-state index in [0.717, 1.165) is 12.3 Å². The van der Waals surface area contributed by atoms with Crippen LogP contribution in [0.3, 0.4) is 0 Å². The lowest BCUT2D eigenvalue weighted by Crippen LogP contribution is -2.39. The van der Waals surface area contributed by atoms with Crippen molar-refractivity contribution in [3.8, 4) is 0 Å². The van der Waals surface area contributed by atoms with Crippen LogP contribution in [0.5, 0.6) is 0 Å². The van der Waals surface area contributed by atoms with Gasteiger partial charge in [0.2, 0.25) is 0 Å². The molecule has 1 N–H and O–H groups in total. The first kappa shape index (κ1) is 15.2. The van der Waals surface area contributed by atoms with Crippen molar-refractivity contribution in [1.82, 2.24) is 5.32 Å². The molecule has 1 rings (SSSR count). The van der Waals surface area contributed by atoms with Gasteiger partial charge in [-0.3, -0.25) is 0 Å². The van der Waals surface area contributed by atoms with Crippen molar-refractivity contribution in [2.75, 3.05) is 18.6 Å². The largest absolute Gasteiger partial charge is 0.391 e. The molecule has 1 saturated carbocycles. The van der Waals surface area contributed by atoms with E-state index in [1.165, 1.54) is 0 Å². The summed E-state index contributed by atoms with van der Waals surface area (Å²) in [5.74, 6) is 0.625. The Morgan fingerprint density at radius 1 is 1.24 bits per heavy atom. The molecule has 0 radical (unpaired) electrons. The fourth-order valence-electron chi connectivity index (χ4n) is 2.34. The Morgan fingerprint density at radius 3 is 2.29 bits per heavy atom. The molecule has 5 heteroatoms. The van der Waals surface area contributed by atoms with Crippen LogP contribution in [0.25, 0.3) is 0 Å². The predicted octanol–water partition coefficient (Wildman–Crippen LogP) is 3.70. The highest BCUT2D eigenvalue weighted by Gasteiger charge is 2.41. The van der Waals surface area contributed by atoms with E-state index in [2.05, 4.69) is 18.5 Å². The molecule has 102 valence electrons. The van der Waals surface area contributed by atoms with Gasteiger partial charge in [-0.2, -0.15) is 24.9 Å². The number of thioether (sulfide) groups is 1. The van der Waals surface area contributed by atoms with Crippen molar-refractivity contribution >= 4 is 11.8 Å². The second kappa shape index (κ2) is 6.88. The van der Waals surface area contributed by atoms with Gasteiger partial charge in [0.15, 0.2) is 0 Å². The van der Waals surface area contributed by atoms with Gasteiger partial charge in [-0.15, -0.1) is 0 Å². The number of hydrogen-bond donors (Lipinski definition) is 1. The van der Waals surface area contributed by atoms with Gasteiger partial charge in [-0.05, 0) is 50.2 Å². The highest BCUT2D eigenvalue weighted by molar-refractivity contribution is 7.98. The van der Waals surface area contributed by atoms with Crippen LogP contribution in [0.15, 0.2) is 0 Å². The Labute approximate surface area is 106 Å². The molecule has 1 aliphatic rings. The molecule has 0 saturated heterocycles. The molecule has 0 aromatic carbocycles. The van der Waals surface area contributed by atoms with Crippen molar-refractivity contribution in [1.29, 1.82) is 0 Å². The van der Waals surface area contributed by atoms with Crippen LogP contribution in [-0.2, 0) is 0 Å². The van der Waals surface area contributed by atoms with Gasteiger partial charge in [0.1, 0.15) is 0 Å². The van der Waals surface area contributed by atoms with Crippen molar-refractivity contribution in [2.45, 2.75) is 44.8 Å². The molecule has 0 aromatic heterocycles. The maximum absolute atomic E-state index is 12.5. The van der Waals surface area contributed by atoms with Crippen LogP contribution in [0.1, 0.15) is 32.6 Å². The lowest BCUT2D eigenvalue weighted by Gasteiger charge is -2.31. The molecule has 17 heavy (non-hydrogen) atoms. The van der Waals surface area contributed by atoms with E-state index in [0.29, 0.717) is 18.8 Å². The summed E-state index contributed by atoms with van der Waals surface area (Å²) in [5, 5.41) is 3.40. The molecule has 0 amide bonds. The average molecular weight is 269 g/mol. The molecule has 1 nitrogen and oxygen atoms in total. The standard InChI is InChI=1S/C12H22F3NS/c1-9(8-17-2)7-16-11-5-3-10(4-6-11)12(13,14)15/h9-11,16H,3-8H2,1-2H3. The van der Waals surface area contributed by atoms with Crippen LogP contribution in [0, 0.1) is 11.8 Å². The molecule has 0 aliphatic heterocycles. The molecular weight excluding hydrogens is 247 g/mol. The number of nitrogens with one attached hydrogen (secondary N) is 1. The molecule has 0 spiro atoms. The summed E-state index contributed by atoms with van der Waals surface area (Å²) in [6.07, 6.45) is -0.00930. The highest BCUT2D eigenvalue weighted by atomic mass is 32.2. The summed E-state index contributed by atoms with van der Waals surface area (Å²) in [7, 11) is 0. The zero-order chi connectivity index (χ0) is 12.9. The molecule has 1 atom stereocenters. The van der Waals surface area contributed by atoms with Crippen LogP contribution >= 0.6 is 11.8 Å². The monoisotopic (exact) mass is 269 g/mol. The van der Waals surface area contributed by atoms with E-state index < -0.39 is 12.1 Å². The van der Waals surface area contributed by atoms with E-state index in [9.17, 15) is 13.2 Å². The average Bonchev–Trinajstić information content (AvgIpc) is 2.26. The summed E-state index contributed by atoms with van der Waals surface area (Å²) in [5.41, 5.74) is 0. The van der Waals surface area contributed by atoms with E-state index in [1.807, 2.05) is 11.8 Å². The van der Waals surface area contributed by atoms with Crippen LogP contribution < -0.4 is 5.32 Å². The number of halogens is 3. The first-order valence-corrected chi connectivity index (χ1v) is 7.62. The minimum atomic E-state index is -3.99. The SMILES string of the molecule is CSCC(C)CNC1CCC(C(F)(F)F)CC1. The molecular formula is C12H22F3NS.